The van der Waals surface area contributed by atoms with Crippen molar-refractivity contribution >= 4 is 34.3 Å². The van der Waals surface area contributed by atoms with Crippen LogP contribution in [0.1, 0.15) is 36.1 Å². The zero-order valence-electron chi connectivity index (χ0n) is 25.1. The number of aliphatic hydroxyl groups is 1. The molecule has 3 N–H and O–H groups in total. The second-order valence-electron chi connectivity index (χ2n) is 11.8. The van der Waals surface area contributed by atoms with Gasteiger partial charge in [0.25, 0.3) is 5.91 Å². The lowest BCUT2D eigenvalue weighted by molar-refractivity contribution is -0.147. The van der Waals surface area contributed by atoms with Crippen LogP contribution in [-0.4, -0.2) is 57.2 Å². The molecule has 0 spiro atoms. The van der Waals surface area contributed by atoms with Gasteiger partial charge in [0.2, 0.25) is 5.91 Å². The highest BCUT2D eigenvalue weighted by molar-refractivity contribution is 8.00. The van der Waals surface area contributed by atoms with Crippen molar-refractivity contribution in [2.24, 2.45) is 0 Å². The van der Waals surface area contributed by atoms with E-state index in [9.17, 15) is 14.7 Å². The first-order valence-corrected chi connectivity index (χ1v) is 15.9. The van der Waals surface area contributed by atoms with Crippen LogP contribution in [-0.2, 0) is 29.0 Å². The Balaban J connectivity index is 1.31. The summed E-state index contributed by atoms with van der Waals surface area (Å²) >= 11 is 1.56. The minimum absolute atomic E-state index is 0.206. The summed E-state index contributed by atoms with van der Waals surface area (Å²) in [6.07, 6.45) is -0.0732. The minimum Gasteiger partial charge on any atom is -0.382 e. The molecule has 1 saturated heterocycles. The number of fused-ring (bicyclic) bond motifs is 1. The third kappa shape index (κ3) is 7.29. The van der Waals surface area contributed by atoms with Crippen molar-refractivity contribution in [1.82, 2.24) is 15.5 Å². The predicted molar refractivity (Wildman–Crippen MR) is 176 cm³/mol. The molecule has 7 heteroatoms. The van der Waals surface area contributed by atoms with Crippen molar-refractivity contribution in [1.29, 1.82) is 0 Å². The molecule has 1 fully saturated rings. The molecule has 43 heavy (non-hydrogen) atoms. The predicted octanol–water partition coefficient (Wildman–Crippen LogP) is 5.25. The van der Waals surface area contributed by atoms with Crippen molar-refractivity contribution in [3.05, 3.63) is 119 Å². The van der Waals surface area contributed by atoms with Crippen LogP contribution < -0.4 is 10.6 Å². The third-order valence-electron chi connectivity index (χ3n) is 8.40. The molecule has 1 aliphatic heterocycles. The van der Waals surface area contributed by atoms with Gasteiger partial charge in [0, 0.05) is 17.3 Å². The topological polar surface area (TPSA) is 81.7 Å². The summed E-state index contributed by atoms with van der Waals surface area (Å²) in [7, 11) is 0. The second kappa shape index (κ2) is 13.8. The number of aliphatic hydroxyl groups excluding tert-OH is 1. The Hall–Kier alpha value is -3.65. The Bertz CT molecular complexity index is 1550. The van der Waals surface area contributed by atoms with Gasteiger partial charge in [-0.3, -0.25) is 9.59 Å². The molecule has 224 valence electrons. The van der Waals surface area contributed by atoms with E-state index in [2.05, 4.69) is 41.0 Å². The van der Waals surface area contributed by atoms with Crippen molar-refractivity contribution in [3.8, 4) is 0 Å². The highest BCUT2D eigenvalue weighted by atomic mass is 32.2. The van der Waals surface area contributed by atoms with Gasteiger partial charge in [-0.2, -0.15) is 0 Å². The maximum Gasteiger partial charge on any atom is 0.254 e. The zero-order chi connectivity index (χ0) is 30.4. The largest absolute Gasteiger partial charge is 0.382 e. The molecular weight excluding hydrogens is 554 g/mol. The van der Waals surface area contributed by atoms with Crippen molar-refractivity contribution in [3.63, 3.8) is 0 Å². The molecule has 4 aromatic carbocycles. The number of carbonyl (C=O) groups is 2. The van der Waals surface area contributed by atoms with Gasteiger partial charge in [-0.05, 0) is 73.2 Å². The number of aryl methyl sites for hydroxylation is 1. The van der Waals surface area contributed by atoms with Crippen LogP contribution in [0.4, 0.5) is 0 Å². The summed E-state index contributed by atoms with van der Waals surface area (Å²) in [6.45, 7) is 6.97. The monoisotopic (exact) mass is 595 g/mol. The number of thioether (sulfide) groups is 1. The van der Waals surface area contributed by atoms with Gasteiger partial charge < -0.3 is 20.6 Å². The van der Waals surface area contributed by atoms with Crippen LogP contribution >= 0.6 is 11.8 Å². The summed E-state index contributed by atoms with van der Waals surface area (Å²) in [5.74, 6) is -0.283. The second-order valence-corrected chi connectivity index (χ2v) is 13.4. The lowest BCUT2D eigenvalue weighted by Crippen LogP contribution is -2.58. The number of carbonyl (C=O) groups excluding carboxylic acids is 2. The number of nitrogens with zero attached hydrogens (tertiary/aromatic N) is 1. The lowest BCUT2D eigenvalue weighted by Gasteiger charge is -2.33. The fourth-order valence-electron chi connectivity index (χ4n) is 5.91. The maximum atomic E-state index is 14.0. The molecular formula is C36H41N3O3S. The maximum absolute atomic E-state index is 14.0. The van der Waals surface area contributed by atoms with Crippen molar-refractivity contribution in [2.45, 2.75) is 63.1 Å². The summed E-state index contributed by atoms with van der Waals surface area (Å²) in [5, 5.41) is 20.5. The lowest BCUT2D eigenvalue weighted by atomic mass is 9.96. The molecule has 0 radical (unpaired) electrons. The van der Waals surface area contributed by atoms with E-state index in [0.29, 0.717) is 25.4 Å². The first-order chi connectivity index (χ1) is 20.7. The summed E-state index contributed by atoms with van der Waals surface area (Å²) in [4.78, 5) is 29.1. The molecule has 5 rings (SSSR count). The van der Waals surface area contributed by atoms with E-state index in [4.69, 9.17) is 0 Å². The summed E-state index contributed by atoms with van der Waals surface area (Å²) in [6, 6.07) is 31.2. The van der Waals surface area contributed by atoms with Gasteiger partial charge >= 0.3 is 0 Å². The Morgan fingerprint density at radius 1 is 0.930 bits per heavy atom. The molecule has 0 unspecified atom stereocenters. The first-order valence-electron chi connectivity index (χ1n) is 14.9. The standard InChI is InChI=1S/C36H41N3O3S/c1-25-12-7-8-16-29(25)23-38-34(41)33-36(2,3)43-24-39(33)35(42)32(40)31(22-26-13-5-4-6-14-26)37-21-20-28-18-11-17-27-15-9-10-19-30(27)28/h4-19,31-33,37,40H,20-24H2,1-3H3,(H,38,41)/t31-,32-,33+/m0/s1. The number of benzene rings is 4. The highest BCUT2D eigenvalue weighted by Gasteiger charge is 2.49. The molecule has 0 bridgehead atoms. The van der Waals surface area contributed by atoms with Crippen molar-refractivity contribution < 1.29 is 14.7 Å². The number of amides is 2. The van der Waals surface area contributed by atoms with Crippen LogP contribution in [0.25, 0.3) is 10.8 Å². The Labute approximate surface area is 258 Å². The van der Waals surface area contributed by atoms with Gasteiger partial charge in [-0.25, -0.2) is 0 Å². The van der Waals surface area contributed by atoms with E-state index in [0.717, 1.165) is 23.1 Å². The normalized spacial score (nSPS) is 17.5. The van der Waals surface area contributed by atoms with E-state index in [-0.39, 0.29) is 5.91 Å². The fraction of sp³-hybridized carbons (Fsp3) is 0.333. The first kappa shape index (κ1) is 30.8. The summed E-state index contributed by atoms with van der Waals surface area (Å²) < 4.78 is -0.498. The van der Waals surface area contributed by atoms with Crippen LogP contribution in [0.5, 0.6) is 0 Å². The number of nitrogens with one attached hydrogen (secondary N) is 2. The van der Waals surface area contributed by atoms with E-state index in [1.807, 2.05) is 87.5 Å². The molecule has 0 aromatic heterocycles. The molecule has 1 aliphatic rings. The van der Waals surface area contributed by atoms with E-state index >= 15 is 0 Å². The number of hydrogen-bond donors (Lipinski definition) is 3. The molecule has 6 nitrogen and oxygen atoms in total. The van der Waals surface area contributed by atoms with E-state index in [1.165, 1.54) is 16.3 Å². The van der Waals surface area contributed by atoms with Crippen molar-refractivity contribution in [2.75, 3.05) is 12.4 Å². The molecule has 2 amide bonds. The summed E-state index contributed by atoms with van der Waals surface area (Å²) in [5.41, 5.74) is 4.38. The number of hydrogen-bond acceptors (Lipinski definition) is 5. The Morgan fingerprint density at radius 3 is 2.40 bits per heavy atom. The Kier molecular flexibility index (Phi) is 9.86. The molecule has 0 saturated carbocycles. The number of rotatable bonds is 11. The van der Waals surface area contributed by atoms with Gasteiger partial charge in [0.05, 0.1) is 5.88 Å². The van der Waals surface area contributed by atoms with Gasteiger partial charge in [0.15, 0.2) is 0 Å². The smallest absolute Gasteiger partial charge is 0.254 e. The van der Waals surface area contributed by atoms with Crippen LogP contribution in [0.15, 0.2) is 97.1 Å². The molecule has 1 heterocycles. The average Bonchev–Trinajstić information content (AvgIpc) is 3.34. The van der Waals surface area contributed by atoms with Gasteiger partial charge in [-0.1, -0.05) is 97.1 Å². The zero-order valence-corrected chi connectivity index (χ0v) is 25.9. The third-order valence-corrected chi connectivity index (χ3v) is 9.78. The van der Waals surface area contributed by atoms with Crippen LogP contribution in [0.2, 0.25) is 0 Å². The average molecular weight is 596 g/mol. The Morgan fingerprint density at radius 2 is 1.60 bits per heavy atom. The highest BCUT2D eigenvalue weighted by Crippen LogP contribution is 2.40. The van der Waals surface area contributed by atoms with E-state index in [1.54, 1.807) is 16.7 Å². The quantitative estimate of drug-likeness (QED) is 0.221. The van der Waals surface area contributed by atoms with Gasteiger partial charge in [-0.15, -0.1) is 11.8 Å². The minimum atomic E-state index is -1.31. The SMILES string of the molecule is Cc1ccccc1CNC(=O)[C@H]1N(C(=O)[C@@H](O)[C@H](Cc2ccccc2)NCCc2cccc3ccccc23)CSC1(C)C. The van der Waals surface area contributed by atoms with E-state index < -0.39 is 28.8 Å². The van der Waals surface area contributed by atoms with Gasteiger partial charge in [0.1, 0.15) is 12.1 Å². The van der Waals surface area contributed by atoms with Crippen LogP contribution in [0.3, 0.4) is 0 Å². The fourth-order valence-corrected chi connectivity index (χ4v) is 7.05. The molecule has 3 atom stereocenters. The molecule has 4 aromatic rings. The molecule has 0 aliphatic carbocycles. The van der Waals surface area contributed by atoms with Crippen LogP contribution in [0, 0.1) is 6.92 Å².